The van der Waals surface area contributed by atoms with Gasteiger partial charge in [-0.3, -0.25) is 4.57 Å². The van der Waals surface area contributed by atoms with Crippen molar-refractivity contribution in [2.75, 3.05) is 0 Å². The molecule has 320 valence electrons. The summed E-state index contributed by atoms with van der Waals surface area (Å²) in [6.07, 6.45) is 6.39. The number of para-hydroxylation sites is 2. The molecule has 0 radical (unpaired) electrons. The van der Waals surface area contributed by atoms with Crippen molar-refractivity contribution in [2.45, 2.75) is 12.8 Å². The van der Waals surface area contributed by atoms with Gasteiger partial charge >= 0.3 is 0 Å². The fourth-order valence-corrected chi connectivity index (χ4v) is 10.1. The van der Waals surface area contributed by atoms with Gasteiger partial charge in [0, 0.05) is 38.4 Å². The highest BCUT2D eigenvalue weighted by Gasteiger charge is 2.27. The van der Waals surface area contributed by atoms with Crippen molar-refractivity contribution in [1.82, 2.24) is 29.1 Å². The van der Waals surface area contributed by atoms with Gasteiger partial charge in [-0.1, -0.05) is 200 Å². The van der Waals surface area contributed by atoms with Crippen LogP contribution in [-0.4, -0.2) is 29.1 Å². The maximum absolute atomic E-state index is 5.50. The molecule has 0 bridgehead atoms. The minimum absolute atomic E-state index is 0.577. The van der Waals surface area contributed by atoms with Crippen LogP contribution in [0.3, 0.4) is 0 Å². The first-order valence-corrected chi connectivity index (χ1v) is 23.2. The highest BCUT2D eigenvalue weighted by molar-refractivity contribution is 6.19. The largest absolute Gasteiger partial charge is 0.306 e. The number of aryl methyl sites for hydroxylation is 1. The summed E-state index contributed by atoms with van der Waals surface area (Å²) in [4.78, 5) is 21.3. The molecule has 12 aromatic rings. The SMILES string of the molecule is C1=Cc2c(c3ccc4c5ccccc5n(-c5ccccc5-c5cc(-c6ccc(-c7ccccc7)cc6)cc(-c6ccccc6)n5)c4c3n2-c2nc(-c3ccccc3)nc(-c3ccccc3)n2)CC1. The first-order valence-electron chi connectivity index (χ1n) is 23.2. The van der Waals surface area contributed by atoms with Crippen LogP contribution >= 0.6 is 0 Å². The third-order valence-corrected chi connectivity index (χ3v) is 13.3. The molecule has 1 aliphatic carbocycles. The quantitative estimate of drug-likeness (QED) is 0.153. The summed E-state index contributed by atoms with van der Waals surface area (Å²) >= 11 is 0. The second-order valence-electron chi connectivity index (χ2n) is 17.3. The molecule has 68 heavy (non-hydrogen) atoms. The van der Waals surface area contributed by atoms with E-state index < -0.39 is 0 Å². The molecule has 1 aliphatic rings. The molecule has 4 heterocycles. The Morgan fingerprint density at radius 3 is 1.59 bits per heavy atom. The van der Waals surface area contributed by atoms with Gasteiger partial charge in [-0.15, -0.1) is 0 Å². The van der Waals surface area contributed by atoms with Gasteiger partial charge < -0.3 is 4.57 Å². The number of rotatable bonds is 8. The zero-order chi connectivity index (χ0) is 45.0. The lowest BCUT2D eigenvalue weighted by Crippen LogP contribution is -2.09. The van der Waals surface area contributed by atoms with Gasteiger partial charge in [0.15, 0.2) is 11.6 Å². The average Bonchev–Trinajstić information content (AvgIpc) is 3.95. The predicted molar refractivity (Wildman–Crippen MR) is 279 cm³/mol. The maximum atomic E-state index is 5.50. The van der Waals surface area contributed by atoms with Crippen LogP contribution in [-0.2, 0) is 6.42 Å². The van der Waals surface area contributed by atoms with E-state index in [2.05, 4.69) is 203 Å². The fourth-order valence-electron chi connectivity index (χ4n) is 10.1. The van der Waals surface area contributed by atoms with Crippen molar-refractivity contribution in [3.8, 4) is 79.2 Å². The van der Waals surface area contributed by atoms with E-state index in [-0.39, 0.29) is 0 Å². The van der Waals surface area contributed by atoms with E-state index in [1.54, 1.807) is 0 Å². The van der Waals surface area contributed by atoms with Crippen LogP contribution in [0.4, 0.5) is 0 Å². The molecular formula is C62H42N6. The Morgan fingerprint density at radius 1 is 0.368 bits per heavy atom. The first kappa shape index (κ1) is 39.4. The molecule has 4 aromatic heterocycles. The lowest BCUT2D eigenvalue weighted by atomic mass is 9.97. The Hall–Kier alpha value is -9.00. The Labute approximate surface area is 393 Å². The molecule has 0 saturated carbocycles. The number of aromatic nitrogens is 6. The number of benzene rings is 8. The van der Waals surface area contributed by atoms with E-state index in [1.165, 1.54) is 22.1 Å². The molecule has 0 saturated heterocycles. The lowest BCUT2D eigenvalue weighted by Gasteiger charge is -2.17. The Kier molecular flexibility index (Phi) is 9.53. The molecule has 0 amide bonds. The number of allylic oxidation sites excluding steroid dienone is 1. The first-order chi connectivity index (χ1) is 33.7. The van der Waals surface area contributed by atoms with E-state index in [0.717, 1.165) is 96.3 Å². The number of hydrogen-bond acceptors (Lipinski definition) is 4. The third kappa shape index (κ3) is 6.73. The Morgan fingerprint density at radius 2 is 0.897 bits per heavy atom. The molecule has 6 heteroatoms. The highest BCUT2D eigenvalue weighted by atomic mass is 15.2. The summed E-state index contributed by atoms with van der Waals surface area (Å²) < 4.78 is 4.75. The van der Waals surface area contributed by atoms with Gasteiger partial charge in [0.2, 0.25) is 5.95 Å². The summed E-state index contributed by atoms with van der Waals surface area (Å²) in [7, 11) is 0. The minimum atomic E-state index is 0.577. The zero-order valence-corrected chi connectivity index (χ0v) is 37.0. The highest BCUT2D eigenvalue weighted by Crippen LogP contribution is 2.44. The lowest BCUT2D eigenvalue weighted by molar-refractivity contribution is 0.903. The van der Waals surface area contributed by atoms with Crippen LogP contribution in [0.5, 0.6) is 0 Å². The standard InChI is InChI=1S/C62H42N6/c1-5-19-41(20-6-1)42-33-35-43(36-34-42)47-39-53(44-21-7-2-8-22-44)63-54(40-47)52-29-15-18-32-57(52)67-55-30-16-13-27-48(55)50-37-38-51-49-28-14-17-31-56(49)68(59(51)58(50)67)62-65-60(45-23-9-3-10-24-45)64-61(66-62)46-25-11-4-12-26-46/h1-13,15-27,29-40H,14,28H2. The molecule has 6 nitrogen and oxygen atoms in total. The van der Waals surface area contributed by atoms with Gasteiger partial charge in [0.05, 0.1) is 39.3 Å². The van der Waals surface area contributed by atoms with Crippen LogP contribution in [0.25, 0.3) is 118 Å². The molecule has 0 unspecified atom stereocenters. The number of fused-ring (bicyclic) bond motifs is 7. The Balaban J connectivity index is 1.08. The molecule has 13 rings (SSSR count). The van der Waals surface area contributed by atoms with Crippen molar-refractivity contribution in [1.29, 1.82) is 0 Å². The van der Waals surface area contributed by atoms with Crippen LogP contribution in [0.2, 0.25) is 0 Å². The maximum Gasteiger partial charge on any atom is 0.238 e. The normalized spacial score (nSPS) is 12.2. The molecule has 0 atom stereocenters. The summed E-state index contributed by atoms with van der Waals surface area (Å²) in [6.45, 7) is 0. The van der Waals surface area contributed by atoms with Crippen molar-refractivity contribution < 1.29 is 0 Å². The predicted octanol–water partition coefficient (Wildman–Crippen LogP) is 15.3. The monoisotopic (exact) mass is 870 g/mol. The topological polar surface area (TPSA) is 61.4 Å². The van der Waals surface area contributed by atoms with Crippen LogP contribution in [0.1, 0.15) is 17.7 Å². The fraction of sp³-hybridized carbons (Fsp3) is 0.0323. The minimum Gasteiger partial charge on any atom is -0.306 e. The summed E-state index contributed by atoms with van der Waals surface area (Å²) in [6, 6.07) is 76.9. The number of hydrogen-bond donors (Lipinski definition) is 0. The van der Waals surface area contributed by atoms with Gasteiger partial charge in [-0.2, -0.15) is 9.97 Å². The molecule has 0 fully saturated rings. The van der Waals surface area contributed by atoms with E-state index in [1.807, 2.05) is 36.4 Å². The van der Waals surface area contributed by atoms with Crippen LogP contribution in [0.15, 0.2) is 224 Å². The second kappa shape index (κ2) is 16.5. The molecular weight excluding hydrogens is 829 g/mol. The summed E-state index contributed by atoms with van der Waals surface area (Å²) in [5.74, 6) is 1.82. The molecule has 8 aromatic carbocycles. The van der Waals surface area contributed by atoms with Crippen LogP contribution < -0.4 is 0 Å². The summed E-state index contributed by atoms with van der Waals surface area (Å²) in [5.41, 5.74) is 17.0. The zero-order valence-electron chi connectivity index (χ0n) is 37.0. The van der Waals surface area contributed by atoms with Gasteiger partial charge in [-0.25, -0.2) is 9.97 Å². The Bertz CT molecular complexity index is 3810. The second-order valence-corrected chi connectivity index (χ2v) is 17.3. The smallest absolute Gasteiger partial charge is 0.238 e. The van der Waals surface area contributed by atoms with Crippen molar-refractivity contribution >= 4 is 38.8 Å². The van der Waals surface area contributed by atoms with E-state index in [4.69, 9.17) is 19.9 Å². The summed E-state index contributed by atoms with van der Waals surface area (Å²) in [5, 5.41) is 3.50. The van der Waals surface area contributed by atoms with E-state index in [0.29, 0.717) is 17.6 Å². The third-order valence-electron chi connectivity index (χ3n) is 13.3. The average molecular weight is 871 g/mol. The van der Waals surface area contributed by atoms with Crippen molar-refractivity contribution in [3.63, 3.8) is 0 Å². The van der Waals surface area contributed by atoms with Gasteiger partial charge in [0.25, 0.3) is 0 Å². The van der Waals surface area contributed by atoms with Crippen molar-refractivity contribution in [2.24, 2.45) is 0 Å². The molecule has 0 aliphatic heterocycles. The molecule has 0 N–H and O–H groups in total. The number of nitrogens with zero attached hydrogens (tertiary/aromatic N) is 6. The van der Waals surface area contributed by atoms with Crippen molar-refractivity contribution in [3.05, 3.63) is 236 Å². The van der Waals surface area contributed by atoms with Gasteiger partial charge in [-0.05, 0) is 71.0 Å². The van der Waals surface area contributed by atoms with E-state index >= 15 is 0 Å². The van der Waals surface area contributed by atoms with E-state index in [9.17, 15) is 0 Å². The van der Waals surface area contributed by atoms with Crippen LogP contribution in [0, 0.1) is 0 Å². The number of pyridine rings is 1. The van der Waals surface area contributed by atoms with Gasteiger partial charge in [0.1, 0.15) is 0 Å². The molecule has 0 spiro atoms.